The molecule has 0 fully saturated rings. The maximum atomic E-state index is 10.9. The number of benzene rings is 1. The minimum Gasteiger partial charge on any atom is -0.481 e. The Morgan fingerprint density at radius 2 is 2.05 bits per heavy atom. The molecule has 6 heteroatoms. The van der Waals surface area contributed by atoms with Crippen LogP contribution in [0.5, 0.6) is 0 Å². The molecule has 1 aromatic carbocycles. The summed E-state index contributed by atoms with van der Waals surface area (Å²) in [5, 5.41) is 17.0. The van der Waals surface area contributed by atoms with Gasteiger partial charge in [0.15, 0.2) is 0 Å². The van der Waals surface area contributed by atoms with Crippen LogP contribution in [0, 0.1) is 0 Å². The van der Waals surface area contributed by atoms with Crippen molar-refractivity contribution in [2.24, 2.45) is 0 Å². The van der Waals surface area contributed by atoms with Crippen LogP contribution in [0.3, 0.4) is 0 Å². The summed E-state index contributed by atoms with van der Waals surface area (Å²) in [6.45, 7) is 3.30. The standard InChI is InChI=1S/C14H16N4O2/c19-14(20)7-11-3-1-2-4-12(11)8-17-5-6-18-10-15-16-13(18)9-17/h1-4,10H,5-9H2,(H,19,20). The van der Waals surface area contributed by atoms with Crippen molar-refractivity contribution >= 4 is 5.97 Å². The van der Waals surface area contributed by atoms with Gasteiger partial charge in [0.2, 0.25) is 0 Å². The molecule has 1 aliphatic heterocycles. The number of rotatable bonds is 4. The number of fused-ring (bicyclic) bond motifs is 1. The molecule has 0 saturated carbocycles. The van der Waals surface area contributed by atoms with E-state index >= 15 is 0 Å². The molecule has 0 aliphatic carbocycles. The minimum absolute atomic E-state index is 0.0696. The molecule has 1 aliphatic rings. The van der Waals surface area contributed by atoms with Crippen LogP contribution in [0.2, 0.25) is 0 Å². The second-order valence-electron chi connectivity index (χ2n) is 4.99. The Balaban J connectivity index is 1.74. The number of carboxylic acids is 1. The molecule has 0 atom stereocenters. The SMILES string of the molecule is O=C(O)Cc1ccccc1CN1CCn2cnnc2C1. The van der Waals surface area contributed by atoms with Crippen molar-refractivity contribution in [1.29, 1.82) is 0 Å². The zero-order valence-electron chi connectivity index (χ0n) is 11.1. The lowest BCUT2D eigenvalue weighted by molar-refractivity contribution is -0.136. The molecule has 2 aromatic rings. The molecule has 2 heterocycles. The zero-order chi connectivity index (χ0) is 13.9. The molecular formula is C14H16N4O2. The number of carbonyl (C=O) groups is 1. The summed E-state index contributed by atoms with van der Waals surface area (Å²) in [6, 6.07) is 7.72. The van der Waals surface area contributed by atoms with E-state index in [2.05, 4.69) is 19.7 Å². The smallest absolute Gasteiger partial charge is 0.307 e. The van der Waals surface area contributed by atoms with Gasteiger partial charge in [-0.3, -0.25) is 9.69 Å². The Bertz CT molecular complexity index is 623. The molecule has 0 bridgehead atoms. The summed E-state index contributed by atoms with van der Waals surface area (Å²) in [4.78, 5) is 13.2. The quantitative estimate of drug-likeness (QED) is 0.896. The molecule has 0 saturated heterocycles. The highest BCUT2D eigenvalue weighted by Gasteiger charge is 2.18. The first-order valence-electron chi connectivity index (χ1n) is 6.60. The van der Waals surface area contributed by atoms with E-state index < -0.39 is 5.97 Å². The fourth-order valence-corrected chi connectivity index (χ4v) is 2.54. The van der Waals surface area contributed by atoms with Gasteiger partial charge in [0.05, 0.1) is 13.0 Å². The van der Waals surface area contributed by atoms with E-state index in [1.165, 1.54) is 0 Å². The Morgan fingerprint density at radius 3 is 2.85 bits per heavy atom. The van der Waals surface area contributed by atoms with Crippen molar-refractivity contribution in [2.45, 2.75) is 26.1 Å². The third-order valence-electron chi connectivity index (χ3n) is 3.57. The van der Waals surface area contributed by atoms with Crippen LogP contribution in [-0.2, 0) is 30.8 Å². The summed E-state index contributed by atoms with van der Waals surface area (Å²) in [5.41, 5.74) is 1.95. The summed E-state index contributed by atoms with van der Waals surface area (Å²) in [5.74, 6) is 0.169. The van der Waals surface area contributed by atoms with Gasteiger partial charge in [-0.1, -0.05) is 24.3 Å². The number of nitrogens with zero attached hydrogens (tertiary/aromatic N) is 4. The fraction of sp³-hybridized carbons (Fsp3) is 0.357. The second kappa shape index (κ2) is 5.42. The van der Waals surface area contributed by atoms with Crippen LogP contribution in [0.4, 0.5) is 0 Å². The van der Waals surface area contributed by atoms with E-state index in [4.69, 9.17) is 5.11 Å². The Labute approximate surface area is 116 Å². The maximum absolute atomic E-state index is 10.9. The topological polar surface area (TPSA) is 71.2 Å². The molecule has 1 aromatic heterocycles. The minimum atomic E-state index is -0.796. The number of carboxylic acid groups (broad SMARTS) is 1. The van der Waals surface area contributed by atoms with Gasteiger partial charge in [-0.2, -0.15) is 0 Å². The van der Waals surface area contributed by atoms with Gasteiger partial charge in [-0.25, -0.2) is 0 Å². The average molecular weight is 272 g/mol. The first-order valence-corrected chi connectivity index (χ1v) is 6.60. The first kappa shape index (κ1) is 12.8. The van der Waals surface area contributed by atoms with Crippen LogP contribution in [0.15, 0.2) is 30.6 Å². The normalized spacial score (nSPS) is 15.0. The van der Waals surface area contributed by atoms with Crippen LogP contribution in [0.25, 0.3) is 0 Å². The Morgan fingerprint density at radius 1 is 1.25 bits per heavy atom. The van der Waals surface area contributed by atoms with Crippen molar-refractivity contribution in [1.82, 2.24) is 19.7 Å². The predicted molar refractivity (Wildman–Crippen MR) is 71.9 cm³/mol. The second-order valence-corrected chi connectivity index (χ2v) is 4.99. The van der Waals surface area contributed by atoms with Crippen LogP contribution in [0.1, 0.15) is 17.0 Å². The van der Waals surface area contributed by atoms with E-state index in [0.717, 1.165) is 43.1 Å². The monoisotopic (exact) mass is 272 g/mol. The number of aromatic nitrogens is 3. The van der Waals surface area contributed by atoms with Crippen molar-refractivity contribution in [2.75, 3.05) is 6.54 Å². The molecule has 0 amide bonds. The summed E-state index contributed by atoms with van der Waals surface area (Å²) < 4.78 is 2.06. The molecule has 104 valence electrons. The van der Waals surface area contributed by atoms with Gasteiger partial charge < -0.3 is 9.67 Å². The van der Waals surface area contributed by atoms with Gasteiger partial charge in [0.25, 0.3) is 0 Å². The van der Waals surface area contributed by atoms with E-state index in [-0.39, 0.29) is 6.42 Å². The van der Waals surface area contributed by atoms with E-state index in [1.807, 2.05) is 24.3 Å². The van der Waals surface area contributed by atoms with E-state index in [9.17, 15) is 4.79 Å². The fourth-order valence-electron chi connectivity index (χ4n) is 2.54. The van der Waals surface area contributed by atoms with Gasteiger partial charge in [-0.15, -0.1) is 10.2 Å². The number of hydrogen-bond donors (Lipinski definition) is 1. The largest absolute Gasteiger partial charge is 0.481 e. The molecule has 20 heavy (non-hydrogen) atoms. The highest BCUT2D eigenvalue weighted by atomic mass is 16.4. The number of hydrogen-bond acceptors (Lipinski definition) is 4. The van der Waals surface area contributed by atoms with Crippen LogP contribution in [-0.4, -0.2) is 37.3 Å². The number of aliphatic carboxylic acids is 1. The molecule has 6 nitrogen and oxygen atoms in total. The average Bonchev–Trinajstić information content (AvgIpc) is 2.88. The van der Waals surface area contributed by atoms with Crippen molar-refractivity contribution in [3.8, 4) is 0 Å². The lowest BCUT2D eigenvalue weighted by atomic mass is 10.0. The van der Waals surface area contributed by atoms with Crippen LogP contribution < -0.4 is 0 Å². The predicted octanol–water partition coefficient (Wildman–Crippen LogP) is 0.921. The van der Waals surface area contributed by atoms with Gasteiger partial charge >= 0.3 is 5.97 Å². The lowest BCUT2D eigenvalue weighted by Crippen LogP contribution is -2.33. The third kappa shape index (κ3) is 2.70. The maximum Gasteiger partial charge on any atom is 0.307 e. The Kier molecular flexibility index (Phi) is 3.47. The van der Waals surface area contributed by atoms with Gasteiger partial charge in [-0.05, 0) is 11.1 Å². The van der Waals surface area contributed by atoms with Crippen molar-refractivity contribution in [3.63, 3.8) is 0 Å². The van der Waals surface area contributed by atoms with Gasteiger partial charge in [0, 0.05) is 19.6 Å². The summed E-state index contributed by atoms with van der Waals surface area (Å²) in [7, 11) is 0. The molecule has 3 rings (SSSR count). The highest BCUT2D eigenvalue weighted by Crippen LogP contribution is 2.16. The Hall–Kier alpha value is -2.21. The lowest BCUT2D eigenvalue weighted by Gasteiger charge is -2.27. The third-order valence-corrected chi connectivity index (χ3v) is 3.57. The van der Waals surface area contributed by atoms with Gasteiger partial charge in [0.1, 0.15) is 12.2 Å². The van der Waals surface area contributed by atoms with E-state index in [1.54, 1.807) is 6.33 Å². The van der Waals surface area contributed by atoms with Crippen LogP contribution >= 0.6 is 0 Å². The molecule has 0 radical (unpaired) electrons. The molecular weight excluding hydrogens is 256 g/mol. The summed E-state index contributed by atoms with van der Waals surface area (Å²) >= 11 is 0. The zero-order valence-corrected chi connectivity index (χ0v) is 11.1. The van der Waals surface area contributed by atoms with Crippen molar-refractivity contribution in [3.05, 3.63) is 47.5 Å². The van der Waals surface area contributed by atoms with E-state index in [0.29, 0.717) is 0 Å². The van der Waals surface area contributed by atoms with Crippen molar-refractivity contribution < 1.29 is 9.90 Å². The summed E-state index contributed by atoms with van der Waals surface area (Å²) in [6.07, 6.45) is 1.82. The molecule has 1 N–H and O–H groups in total. The highest BCUT2D eigenvalue weighted by molar-refractivity contribution is 5.70. The first-order chi connectivity index (χ1) is 9.72. The molecule has 0 unspecified atom stereocenters. The molecule has 0 spiro atoms.